The van der Waals surface area contributed by atoms with Gasteiger partial charge in [-0.25, -0.2) is 0 Å². The SMILES string of the molecule is C=C/C=c1/cc(-c2ccccc2)[nH]/c1=C/CC.CC. The van der Waals surface area contributed by atoms with Crippen molar-refractivity contribution in [2.45, 2.75) is 27.2 Å². The van der Waals surface area contributed by atoms with E-state index in [0.717, 1.165) is 12.1 Å². The molecule has 2 aromatic rings. The van der Waals surface area contributed by atoms with Crippen molar-refractivity contribution in [2.24, 2.45) is 0 Å². The van der Waals surface area contributed by atoms with Crippen LogP contribution in [0.4, 0.5) is 0 Å². The van der Waals surface area contributed by atoms with Crippen molar-refractivity contribution in [2.75, 3.05) is 0 Å². The van der Waals surface area contributed by atoms with Gasteiger partial charge in [0.15, 0.2) is 0 Å². The molecule has 19 heavy (non-hydrogen) atoms. The highest BCUT2D eigenvalue weighted by Gasteiger charge is 1.98. The molecular weight excluding hydrogens is 230 g/mol. The Bertz CT molecular complexity index is 603. The van der Waals surface area contributed by atoms with E-state index < -0.39 is 0 Å². The number of hydrogen-bond acceptors (Lipinski definition) is 0. The minimum absolute atomic E-state index is 1.02. The van der Waals surface area contributed by atoms with Crippen LogP contribution in [0.25, 0.3) is 23.4 Å². The molecule has 1 nitrogen and oxygen atoms in total. The van der Waals surface area contributed by atoms with Crippen molar-refractivity contribution in [3.63, 3.8) is 0 Å². The summed E-state index contributed by atoms with van der Waals surface area (Å²) in [5.41, 5.74) is 2.36. The van der Waals surface area contributed by atoms with Crippen LogP contribution < -0.4 is 10.6 Å². The van der Waals surface area contributed by atoms with Gasteiger partial charge < -0.3 is 4.98 Å². The molecule has 0 bridgehead atoms. The molecule has 1 aromatic carbocycles. The van der Waals surface area contributed by atoms with Crippen molar-refractivity contribution >= 4 is 12.2 Å². The summed E-state index contributed by atoms with van der Waals surface area (Å²) in [6, 6.07) is 12.5. The number of aromatic nitrogens is 1. The molecule has 0 amide bonds. The predicted octanol–water partition coefficient (Wildman–Crippen LogP) is 3.86. The fraction of sp³-hybridized carbons (Fsp3) is 0.222. The van der Waals surface area contributed by atoms with Crippen LogP contribution >= 0.6 is 0 Å². The Hall–Kier alpha value is -2.02. The van der Waals surface area contributed by atoms with Crippen LogP contribution in [0, 0.1) is 0 Å². The highest BCUT2D eigenvalue weighted by atomic mass is 14.7. The van der Waals surface area contributed by atoms with Gasteiger partial charge >= 0.3 is 0 Å². The van der Waals surface area contributed by atoms with Crippen LogP contribution in [0.2, 0.25) is 0 Å². The average Bonchev–Trinajstić information content (AvgIpc) is 2.86. The molecule has 100 valence electrons. The first-order valence-electron chi connectivity index (χ1n) is 6.92. The van der Waals surface area contributed by atoms with Gasteiger partial charge in [0.1, 0.15) is 0 Å². The number of allylic oxidation sites excluding steroid dienone is 1. The Kier molecular flexibility index (Phi) is 6.45. The summed E-state index contributed by atoms with van der Waals surface area (Å²) >= 11 is 0. The molecule has 0 aliphatic heterocycles. The van der Waals surface area contributed by atoms with E-state index in [-0.39, 0.29) is 0 Å². The van der Waals surface area contributed by atoms with Crippen molar-refractivity contribution in [3.8, 4) is 11.3 Å². The molecule has 0 saturated carbocycles. The maximum absolute atomic E-state index is 3.76. The average molecular weight is 253 g/mol. The van der Waals surface area contributed by atoms with Crippen LogP contribution in [0.5, 0.6) is 0 Å². The standard InChI is InChI=1S/C16H17N.C2H6/c1-3-8-14-12-16(17-15(14)9-4-2)13-10-6-5-7-11-13;1-2/h3,5-12,17H,1,4H2,2H3;1-2H3/b14-8-,15-9+;. The Morgan fingerprint density at radius 3 is 2.42 bits per heavy atom. The van der Waals surface area contributed by atoms with Crippen LogP contribution in [-0.4, -0.2) is 4.98 Å². The quantitative estimate of drug-likeness (QED) is 0.855. The highest BCUT2D eigenvalue weighted by molar-refractivity contribution is 5.60. The van der Waals surface area contributed by atoms with E-state index in [1.807, 2.05) is 32.1 Å². The molecular formula is C18H23N. The maximum Gasteiger partial charge on any atom is 0.0464 e. The van der Waals surface area contributed by atoms with Gasteiger partial charge in [0.05, 0.1) is 0 Å². The number of rotatable bonds is 3. The first-order valence-corrected chi connectivity index (χ1v) is 6.92. The predicted molar refractivity (Wildman–Crippen MR) is 86.2 cm³/mol. The fourth-order valence-corrected chi connectivity index (χ4v) is 1.90. The molecule has 0 atom stereocenters. The minimum atomic E-state index is 1.02. The molecule has 0 unspecified atom stereocenters. The molecule has 0 saturated heterocycles. The summed E-state index contributed by atoms with van der Waals surface area (Å²) in [4.78, 5) is 3.45. The molecule has 0 spiro atoms. The van der Waals surface area contributed by atoms with E-state index in [9.17, 15) is 0 Å². The Morgan fingerprint density at radius 2 is 1.84 bits per heavy atom. The Morgan fingerprint density at radius 1 is 1.16 bits per heavy atom. The molecule has 0 fully saturated rings. The van der Waals surface area contributed by atoms with E-state index in [1.54, 1.807) is 0 Å². The van der Waals surface area contributed by atoms with Gasteiger partial charge in [-0.1, -0.05) is 75.9 Å². The zero-order chi connectivity index (χ0) is 14.1. The monoisotopic (exact) mass is 253 g/mol. The third-order valence-electron chi connectivity index (χ3n) is 2.67. The van der Waals surface area contributed by atoms with E-state index >= 15 is 0 Å². The van der Waals surface area contributed by atoms with Gasteiger partial charge in [-0.05, 0) is 23.3 Å². The van der Waals surface area contributed by atoms with Crippen LogP contribution in [-0.2, 0) is 0 Å². The molecule has 0 radical (unpaired) electrons. The van der Waals surface area contributed by atoms with Gasteiger partial charge in [0.25, 0.3) is 0 Å². The zero-order valence-corrected chi connectivity index (χ0v) is 12.1. The normalized spacial score (nSPS) is 11.9. The van der Waals surface area contributed by atoms with E-state index in [1.165, 1.54) is 16.1 Å². The Labute approximate surface area is 116 Å². The van der Waals surface area contributed by atoms with Gasteiger partial charge in [0, 0.05) is 11.0 Å². The number of aromatic amines is 1. The van der Waals surface area contributed by atoms with Crippen molar-refractivity contribution in [1.29, 1.82) is 0 Å². The zero-order valence-electron chi connectivity index (χ0n) is 12.1. The van der Waals surface area contributed by atoms with Gasteiger partial charge in [-0.3, -0.25) is 0 Å². The molecule has 1 heteroatoms. The molecule has 1 aromatic heterocycles. The summed E-state index contributed by atoms with van der Waals surface area (Å²) in [6.07, 6.45) is 7.07. The summed E-state index contributed by atoms with van der Waals surface area (Å²) in [5, 5.41) is 2.37. The lowest BCUT2D eigenvalue weighted by atomic mass is 10.1. The number of hydrogen-bond donors (Lipinski definition) is 1. The van der Waals surface area contributed by atoms with Gasteiger partial charge in [0.2, 0.25) is 0 Å². The van der Waals surface area contributed by atoms with Crippen molar-refractivity contribution in [1.82, 2.24) is 4.98 Å². The second-order valence-electron chi connectivity index (χ2n) is 3.93. The Balaban J connectivity index is 0.000000861. The number of benzene rings is 1. The lowest BCUT2D eigenvalue weighted by Gasteiger charge is -1.94. The molecule has 0 aliphatic carbocycles. The third kappa shape index (κ3) is 3.99. The van der Waals surface area contributed by atoms with Gasteiger partial charge in [-0.2, -0.15) is 0 Å². The molecule has 1 heterocycles. The van der Waals surface area contributed by atoms with Gasteiger partial charge in [-0.15, -0.1) is 0 Å². The molecule has 0 aliphatic rings. The topological polar surface area (TPSA) is 15.8 Å². The first-order chi connectivity index (χ1) is 9.35. The smallest absolute Gasteiger partial charge is 0.0464 e. The third-order valence-corrected chi connectivity index (χ3v) is 2.67. The summed E-state index contributed by atoms with van der Waals surface area (Å²) < 4.78 is 0. The first kappa shape index (κ1) is 15.0. The van der Waals surface area contributed by atoms with E-state index in [2.05, 4.69) is 54.9 Å². The van der Waals surface area contributed by atoms with Crippen LogP contribution in [0.3, 0.4) is 0 Å². The number of H-pyrrole nitrogens is 1. The summed E-state index contributed by atoms with van der Waals surface area (Å²) in [5.74, 6) is 0. The second kappa shape index (κ2) is 8.15. The maximum atomic E-state index is 3.76. The second-order valence-corrected chi connectivity index (χ2v) is 3.93. The van der Waals surface area contributed by atoms with E-state index in [4.69, 9.17) is 0 Å². The van der Waals surface area contributed by atoms with Crippen LogP contribution in [0.1, 0.15) is 27.2 Å². The van der Waals surface area contributed by atoms with E-state index in [0.29, 0.717) is 0 Å². The fourth-order valence-electron chi connectivity index (χ4n) is 1.90. The van der Waals surface area contributed by atoms with Crippen molar-refractivity contribution < 1.29 is 0 Å². The minimum Gasteiger partial charge on any atom is -0.355 e. The lowest BCUT2D eigenvalue weighted by molar-refractivity contribution is 1.23. The molecule has 2 rings (SSSR count). The highest BCUT2D eigenvalue weighted by Crippen LogP contribution is 2.12. The number of nitrogens with one attached hydrogen (secondary N) is 1. The summed E-state index contributed by atoms with van der Waals surface area (Å²) in [6.45, 7) is 9.90. The summed E-state index contributed by atoms with van der Waals surface area (Å²) in [7, 11) is 0. The largest absolute Gasteiger partial charge is 0.355 e. The van der Waals surface area contributed by atoms with Crippen LogP contribution in [0.15, 0.2) is 49.1 Å². The molecule has 1 N–H and O–H groups in total. The lowest BCUT2D eigenvalue weighted by Crippen LogP contribution is -2.21. The van der Waals surface area contributed by atoms with Crippen molar-refractivity contribution in [3.05, 3.63) is 59.6 Å².